The molecule has 0 saturated carbocycles. The summed E-state index contributed by atoms with van der Waals surface area (Å²) < 4.78 is 0. The minimum Gasteiger partial charge on any atom is -0.395 e. The minimum atomic E-state index is -0.608. The van der Waals surface area contributed by atoms with Crippen LogP contribution in [0.4, 0.5) is 5.69 Å². The number of thioether (sulfide) groups is 1. The highest BCUT2D eigenvalue weighted by Gasteiger charge is 2.15. The van der Waals surface area contributed by atoms with E-state index in [1.165, 1.54) is 17.1 Å². The quantitative estimate of drug-likeness (QED) is 0.179. The van der Waals surface area contributed by atoms with Crippen molar-refractivity contribution in [3.05, 3.63) is 83.6 Å². The van der Waals surface area contributed by atoms with Crippen LogP contribution in [-0.4, -0.2) is 48.2 Å². The molecule has 0 aliphatic heterocycles. The Kier molecular flexibility index (Phi) is 9.90. The predicted molar refractivity (Wildman–Crippen MR) is 149 cm³/mol. The first-order chi connectivity index (χ1) is 16.9. The Labute approximate surface area is 211 Å². The molecule has 0 aromatic heterocycles. The number of aliphatic imine (C=N–C) groups is 1. The van der Waals surface area contributed by atoms with Crippen molar-refractivity contribution >= 4 is 45.8 Å². The maximum Gasteiger partial charge on any atom is 0.268 e. The second-order valence-corrected chi connectivity index (χ2v) is 9.76. The van der Waals surface area contributed by atoms with E-state index in [9.17, 15) is 9.90 Å². The largest absolute Gasteiger partial charge is 0.395 e. The van der Waals surface area contributed by atoms with Crippen LogP contribution >= 0.6 is 11.8 Å². The molecule has 0 radical (unpaired) electrons. The van der Waals surface area contributed by atoms with Gasteiger partial charge in [-0.15, -0.1) is 11.8 Å². The van der Waals surface area contributed by atoms with Gasteiger partial charge >= 0.3 is 0 Å². The smallest absolute Gasteiger partial charge is 0.268 e. The van der Waals surface area contributed by atoms with E-state index in [-0.39, 0.29) is 12.3 Å². The number of carbonyl (C=O) groups is 1. The van der Waals surface area contributed by atoms with Crippen molar-refractivity contribution in [2.75, 3.05) is 30.9 Å². The highest BCUT2D eigenvalue weighted by atomic mass is 32.2. The fourth-order valence-corrected chi connectivity index (χ4v) is 4.94. The van der Waals surface area contributed by atoms with Crippen LogP contribution in [0.15, 0.2) is 77.4 Å². The number of rotatable bonds is 13. The van der Waals surface area contributed by atoms with Crippen molar-refractivity contribution in [2.45, 2.75) is 20.4 Å². The van der Waals surface area contributed by atoms with Crippen LogP contribution in [0.3, 0.4) is 0 Å². The molecule has 35 heavy (non-hydrogen) atoms. The van der Waals surface area contributed by atoms with Crippen LogP contribution in [0.5, 0.6) is 0 Å². The number of hydrogen-bond acceptors (Lipinski definition) is 6. The number of aliphatic hydroxyl groups excluding tert-OH is 1. The molecule has 0 saturated heterocycles. The SMILES string of the molecule is C=N/C(C(N)=O)=C(\SCNc1ccc2ccccc2c1)c1ccc(CN(CCO)CC(C)C)cc1. The summed E-state index contributed by atoms with van der Waals surface area (Å²) in [5, 5.41) is 15.1. The van der Waals surface area contributed by atoms with Gasteiger partial charge in [0.1, 0.15) is 5.70 Å². The number of anilines is 1. The lowest BCUT2D eigenvalue weighted by Crippen LogP contribution is -2.30. The molecule has 6 nitrogen and oxygen atoms in total. The normalized spacial score (nSPS) is 12.1. The Bertz CT molecular complexity index is 1180. The van der Waals surface area contributed by atoms with Gasteiger partial charge in [0.2, 0.25) is 0 Å². The zero-order valence-corrected chi connectivity index (χ0v) is 21.2. The number of hydrogen-bond donors (Lipinski definition) is 3. The molecule has 3 rings (SSSR count). The number of aliphatic hydroxyl groups is 1. The molecule has 0 unspecified atom stereocenters. The highest BCUT2D eigenvalue weighted by Crippen LogP contribution is 2.32. The second-order valence-electron chi connectivity index (χ2n) is 8.78. The third kappa shape index (κ3) is 7.68. The molecule has 0 aliphatic carbocycles. The van der Waals surface area contributed by atoms with Crippen molar-refractivity contribution in [1.82, 2.24) is 4.90 Å². The third-order valence-electron chi connectivity index (χ3n) is 5.51. The van der Waals surface area contributed by atoms with Crippen LogP contribution in [0.25, 0.3) is 15.7 Å². The van der Waals surface area contributed by atoms with Gasteiger partial charge in [0.25, 0.3) is 5.91 Å². The Hall–Kier alpha value is -3.13. The molecule has 0 heterocycles. The summed E-state index contributed by atoms with van der Waals surface area (Å²) in [6.45, 7) is 10.3. The van der Waals surface area contributed by atoms with E-state index in [0.717, 1.165) is 35.3 Å². The lowest BCUT2D eigenvalue weighted by Gasteiger charge is -2.23. The van der Waals surface area contributed by atoms with Crippen molar-refractivity contribution in [2.24, 2.45) is 16.6 Å². The van der Waals surface area contributed by atoms with Crippen molar-refractivity contribution in [3.63, 3.8) is 0 Å². The molecule has 0 fully saturated rings. The molecular formula is C28H34N4O2S. The lowest BCUT2D eigenvalue weighted by molar-refractivity contribution is -0.114. The molecule has 184 valence electrons. The molecule has 3 aromatic rings. The van der Waals surface area contributed by atoms with Crippen LogP contribution in [0, 0.1) is 5.92 Å². The molecule has 7 heteroatoms. The number of amides is 1. The second kappa shape index (κ2) is 13.1. The van der Waals surface area contributed by atoms with E-state index in [1.807, 2.05) is 42.5 Å². The number of nitrogens with two attached hydrogens (primary N) is 1. The summed E-state index contributed by atoms with van der Waals surface area (Å²) in [6, 6.07) is 22.5. The Morgan fingerprint density at radius 2 is 1.83 bits per heavy atom. The summed E-state index contributed by atoms with van der Waals surface area (Å²) in [5.74, 6) is 0.433. The fourth-order valence-electron chi connectivity index (χ4n) is 3.95. The fraction of sp³-hybridized carbons (Fsp3) is 0.286. The lowest BCUT2D eigenvalue weighted by atomic mass is 10.1. The van der Waals surface area contributed by atoms with E-state index in [4.69, 9.17) is 5.73 Å². The number of fused-ring (bicyclic) bond motifs is 1. The summed E-state index contributed by atoms with van der Waals surface area (Å²) in [4.78, 5) is 18.9. The molecule has 0 atom stereocenters. The van der Waals surface area contributed by atoms with Crippen LogP contribution in [0.1, 0.15) is 25.0 Å². The molecule has 0 aliphatic rings. The van der Waals surface area contributed by atoms with Crippen LogP contribution in [0.2, 0.25) is 0 Å². The van der Waals surface area contributed by atoms with Gasteiger partial charge in [0.15, 0.2) is 0 Å². The molecule has 1 amide bonds. The zero-order valence-electron chi connectivity index (χ0n) is 20.4. The third-order valence-corrected chi connectivity index (χ3v) is 6.52. The van der Waals surface area contributed by atoms with E-state index >= 15 is 0 Å². The summed E-state index contributed by atoms with van der Waals surface area (Å²) in [6.07, 6.45) is 0. The van der Waals surface area contributed by atoms with Crippen molar-refractivity contribution < 1.29 is 9.90 Å². The number of nitrogens with one attached hydrogen (secondary N) is 1. The molecule has 3 aromatic carbocycles. The molecule has 0 spiro atoms. The van der Waals surface area contributed by atoms with Crippen LogP contribution in [-0.2, 0) is 11.3 Å². The Balaban J connectivity index is 1.75. The minimum absolute atomic E-state index is 0.130. The number of carbonyl (C=O) groups excluding carboxylic acids is 1. The van der Waals surface area contributed by atoms with Gasteiger partial charge in [-0.2, -0.15) is 0 Å². The predicted octanol–water partition coefficient (Wildman–Crippen LogP) is 4.95. The average molecular weight is 491 g/mol. The van der Waals surface area contributed by atoms with E-state index in [2.05, 4.69) is 60.0 Å². The van der Waals surface area contributed by atoms with Crippen molar-refractivity contribution in [1.29, 1.82) is 0 Å². The molecular weight excluding hydrogens is 456 g/mol. The first-order valence-electron chi connectivity index (χ1n) is 11.7. The van der Waals surface area contributed by atoms with Gasteiger partial charge in [0.05, 0.1) is 12.5 Å². The van der Waals surface area contributed by atoms with E-state index < -0.39 is 5.91 Å². The maximum atomic E-state index is 12.1. The van der Waals surface area contributed by atoms with Gasteiger partial charge in [0, 0.05) is 30.2 Å². The molecule has 4 N–H and O–H groups in total. The standard InChI is InChI=1S/C28H34N4O2S/c1-20(2)17-32(14-15-33)18-21-8-10-23(11-9-21)27(26(30-3)28(29)34)35-19-31-25-13-12-22-6-4-5-7-24(22)16-25/h4-13,16,20,31,33H,3,14-15,17-19H2,1-2H3,(H2,29,34)/b27-26-. The van der Waals surface area contributed by atoms with Gasteiger partial charge in [-0.3, -0.25) is 14.7 Å². The highest BCUT2D eigenvalue weighted by molar-refractivity contribution is 8.08. The first-order valence-corrected chi connectivity index (χ1v) is 12.7. The first kappa shape index (κ1) is 26.5. The molecule has 0 bridgehead atoms. The summed E-state index contributed by atoms with van der Waals surface area (Å²) in [7, 11) is 0. The maximum absolute atomic E-state index is 12.1. The van der Waals surface area contributed by atoms with E-state index in [1.54, 1.807) is 0 Å². The van der Waals surface area contributed by atoms with Gasteiger partial charge < -0.3 is 16.2 Å². The van der Waals surface area contributed by atoms with Crippen molar-refractivity contribution in [3.8, 4) is 0 Å². The Morgan fingerprint density at radius 3 is 2.46 bits per heavy atom. The monoisotopic (exact) mass is 490 g/mol. The number of benzene rings is 3. The van der Waals surface area contributed by atoms with Gasteiger partial charge in [-0.25, -0.2) is 0 Å². The summed E-state index contributed by atoms with van der Waals surface area (Å²) in [5.41, 5.74) is 8.75. The zero-order chi connectivity index (χ0) is 25.2. The van der Waals surface area contributed by atoms with Gasteiger partial charge in [-0.05, 0) is 46.7 Å². The van der Waals surface area contributed by atoms with Gasteiger partial charge in [-0.1, -0.05) is 68.4 Å². The topological polar surface area (TPSA) is 90.9 Å². The van der Waals surface area contributed by atoms with E-state index in [0.29, 0.717) is 23.2 Å². The summed E-state index contributed by atoms with van der Waals surface area (Å²) >= 11 is 1.46. The number of primary amides is 1. The average Bonchev–Trinajstić information content (AvgIpc) is 2.83. The van der Waals surface area contributed by atoms with Crippen LogP contribution < -0.4 is 11.1 Å². The number of nitrogens with zero attached hydrogens (tertiary/aromatic N) is 2. The Morgan fingerprint density at radius 1 is 1.11 bits per heavy atom.